The zero-order valence-corrected chi connectivity index (χ0v) is 30.1. The number of hydrogen-bond donors (Lipinski definition) is 5. The molecule has 0 aromatic carbocycles. The maximum Gasteiger partial charge on any atom is 0.252 e. The Bertz CT molecular complexity index is 1140. The summed E-state index contributed by atoms with van der Waals surface area (Å²) < 4.78 is 1.45. The van der Waals surface area contributed by atoms with Crippen molar-refractivity contribution >= 4 is 29.5 Å². The maximum absolute atomic E-state index is 13.9. The van der Waals surface area contributed by atoms with Gasteiger partial charge in [0.1, 0.15) is 25.2 Å². The monoisotopic (exact) mass is 662 g/mol. The second-order valence-electron chi connectivity index (χ2n) is 12.9. The molecule has 266 valence electrons. The Morgan fingerprint density at radius 2 is 1.53 bits per heavy atom. The van der Waals surface area contributed by atoms with Gasteiger partial charge in [-0.05, 0) is 37.5 Å². The van der Waals surface area contributed by atoms with Crippen LogP contribution in [-0.4, -0.2) is 92.4 Å². The van der Waals surface area contributed by atoms with Crippen molar-refractivity contribution in [1.29, 1.82) is 0 Å². The van der Waals surface area contributed by atoms with E-state index in [1.165, 1.54) is 16.7 Å². The zero-order chi connectivity index (χ0) is 35.7. The lowest BCUT2D eigenvalue weighted by molar-refractivity contribution is -0.885. The van der Waals surface area contributed by atoms with Gasteiger partial charge >= 0.3 is 0 Å². The first-order chi connectivity index (χ1) is 22.2. The molecule has 1 rings (SSSR count). The summed E-state index contributed by atoms with van der Waals surface area (Å²) in [6.07, 6.45) is 5.60. The molecule has 0 fully saturated rings. The van der Waals surface area contributed by atoms with Crippen LogP contribution >= 0.6 is 0 Å². The first-order valence-corrected chi connectivity index (χ1v) is 16.9. The number of likely N-dealkylation sites (N-methyl/N-ethyl adjacent to an activating group) is 2. The molecule has 5 amide bonds. The van der Waals surface area contributed by atoms with Gasteiger partial charge in [0.25, 0.3) is 5.91 Å². The molecule has 1 aromatic heterocycles. The minimum atomic E-state index is -0.833. The van der Waals surface area contributed by atoms with Crippen LogP contribution in [0.4, 0.5) is 0 Å². The molecule has 0 saturated carbocycles. The number of carbonyl (C=O) groups excluding carboxylic acids is 5. The van der Waals surface area contributed by atoms with Gasteiger partial charge in [-0.2, -0.15) is 0 Å². The summed E-state index contributed by atoms with van der Waals surface area (Å²) in [4.78, 5) is 72.3. The van der Waals surface area contributed by atoms with Crippen LogP contribution in [0.2, 0.25) is 0 Å². The predicted molar refractivity (Wildman–Crippen MR) is 181 cm³/mol. The number of pyridine rings is 1. The van der Waals surface area contributed by atoms with Gasteiger partial charge in [-0.25, -0.2) is 0 Å². The normalized spacial score (nSPS) is 14.4. The fourth-order valence-electron chi connectivity index (χ4n) is 5.20. The molecule has 4 unspecified atom stereocenters. The molecule has 0 spiro atoms. The first kappa shape index (κ1) is 41.3. The molecule has 0 saturated heterocycles. The van der Waals surface area contributed by atoms with Gasteiger partial charge in [-0.1, -0.05) is 61.3 Å². The number of amides is 5. The van der Waals surface area contributed by atoms with Crippen LogP contribution in [0.25, 0.3) is 0 Å². The van der Waals surface area contributed by atoms with E-state index in [4.69, 9.17) is 4.84 Å². The Morgan fingerprint density at radius 3 is 2.04 bits per heavy atom. The lowest BCUT2D eigenvalue weighted by atomic mass is 9.96. The molecule has 47 heavy (non-hydrogen) atoms. The van der Waals surface area contributed by atoms with Crippen molar-refractivity contribution in [2.24, 2.45) is 17.8 Å². The van der Waals surface area contributed by atoms with Crippen molar-refractivity contribution in [3.8, 4) is 0 Å². The van der Waals surface area contributed by atoms with Crippen LogP contribution in [0, 0.1) is 17.8 Å². The standard InChI is InChI=1S/C34H59N7O6/c1-11-14-27(40(9)34(46)30(24(8)12-2)39-31(43)25-15-17-41(47-10)18-16-25)32(44)37-26(19-22(4)5)20-35-21-28(42)38-29(23(6)7)33(45)36-13-3/h15-18,22-24,26-27,29-30,35H,11-14,19-21H2,1-10H3,(H3-,36,37,38,39,42,43,44,45)/p+1/t24?,26?,27?,29?,30-/m0/s1. The molecular weight excluding hydrogens is 602 g/mol. The van der Waals surface area contributed by atoms with E-state index in [-0.39, 0.29) is 54.0 Å². The quantitative estimate of drug-likeness (QED) is 0.124. The van der Waals surface area contributed by atoms with E-state index in [1.807, 2.05) is 55.4 Å². The summed E-state index contributed by atoms with van der Waals surface area (Å²) in [6.45, 7) is 16.2. The van der Waals surface area contributed by atoms with E-state index in [0.29, 0.717) is 44.3 Å². The van der Waals surface area contributed by atoms with E-state index in [1.54, 1.807) is 31.6 Å². The highest BCUT2D eigenvalue weighted by atomic mass is 16.6. The smallest absolute Gasteiger partial charge is 0.252 e. The predicted octanol–water partition coefficient (Wildman–Crippen LogP) is 1.20. The summed E-state index contributed by atoms with van der Waals surface area (Å²) in [5, 5.41) is 14.7. The van der Waals surface area contributed by atoms with E-state index < -0.39 is 24.0 Å². The fraction of sp³-hybridized carbons (Fsp3) is 0.706. The van der Waals surface area contributed by atoms with E-state index in [0.717, 1.165) is 0 Å². The summed E-state index contributed by atoms with van der Waals surface area (Å²) >= 11 is 0. The third-order valence-corrected chi connectivity index (χ3v) is 8.12. The minimum Gasteiger partial charge on any atom is -0.355 e. The Hall–Kier alpha value is -3.74. The largest absolute Gasteiger partial charge is 0.355 e. The van der Waals surface area contributed by atoms with Crippen molar-refractivity contribution in [3.05, 3.63) is 30.1 Å². The molecule has 0 aliphatic carbocycles. The van der Waals surface area contributed by atoms with Crippen LogP contribution in [0.15, 0.2) is 24.5 Å². The van der Waals surface area contributed by atoms with E-state index >= 15 is 0 Å². The molecule has 13 nitrogen and oxygen atoms in total. The number of nitrogens with one attached hydrogen (secondary N) is 5. The number of rotatable bonds is 21. The number of aromatic nitrogens is 1. The molecular formula is C34H60N7O6+. The summed E-state index contributed by atoms with van der Waals surface area (Å²) in [5.41, 5.74) is 0.381. The average Bonchev–Trinajstić information content (AvgIpc) is 3.03. The molecule has 1 heterocycles. The van der Waals surface area contributed by atoms with Gasteiger partial charge in [-0.15, -0.1) is 0 Å². The van der Waals surface area contributed by atoms with Gasteiger partial charge in [0.05, 0.1) is 12.1 Å². The lowest BCUT2D eigenvalue weighted by Gasteiger charge is -2.34. The van der Waals surface area contributed by atoms with E-state index in [9.17, 15) is 24.0 Å². The highest BCUT2D eigenvalue weighted by molar-refractivity contribution is 5.98. The summed E-state index contributed by atoms with van der Waals surface area (Å²) in [6, 6.07) is 0.673. The third kappa shape index (κ3) is 13.9. The van der Waals surface area contributed by atoms with Crippen molar-refractivity contribution in [3.63, 3.8) is 0 Å². The number of hydrogen-bond acceptors (Lipinski definition) is 7. The number of carbonyl (C=O) groups is 5. The Balaban J connectivity index is 3.01. The Morgan fingerprint density at radius 1 is 0.894 bits per heavy atom. The minimum absolute atomic E-state index is 0.0208. The molecule has 13 heteroatoms. The molecule has 5 N–H and O–H groups in total. The Kier molecular flexibility index (Phi) is 18.6. The van der Waals surface area contributed by atoms with Crippen molar-refractivity contribution < 1.29 is 33.5 Å². The molecule has 0 aliphatic heterocycles. The van der Waals surface area contributed by atoms with Crippen LogP contribution in [0.1, 0.15) is 91.4 Å². The van der Waals surface area contributed by atoms with Gasteiger partial charge in [0, 0.05) is 43.0 Å². The van der Waals surface area contributed by atoms with Crippen LogP contribution in [0.5, 0.6) is 0 Å². The highest BCUT2D eigenvalue weighted by Crippen LogP contribution is 2.16. The van der Waals surface area contributed by atoms with Crippen LogP contribution in [0.3, 0.4) is 0 Å². The van der Waals surface area contributed by atoms with E-state index in [2.05, 4.69) is 26.6 Å². The topological polar surface area (TPSA) is 162 Å². The fourth-order valence-corrected chi connectivity index (χ4v) is 5.20. The summed E-state index contributed by atoms with van der Waals surface area (Å²) in [7, 11) is 3.12. The lowest BCUT2D eigenvalue weighted by Crippen LogP contribution is -2.58. The maximum atomic E-state index is 13.9. The van der Waals surface area contributed by atoms with Gasteiger partial charge in [-0.3, -0.25) is 28.8 Å². The SMILES string of the molecule is CCCC(C(=O)NC(CNCC(=O)NC(C(=O)NCC)C(C)C)CC(C)C)N(C)C(=O)[C@@H](NC(=O)c1cc[n+](OC)cc1)C(C)CC. The Labute approximate surface area is 281 Å². The van der Waals surface area contributed by atoms with Crippen LogP contribution in [-0.2, 0) is 19.2 Å². The first-order valence-electron chi connectivity index (χ1n) is 16.9. The second-order valence-corrected chi connectivity index (χ2v) is 12.9. The average molecular weight is 663 g/mol. The highest BCUT2D eigenvalue weighted by Gasteiger charge is 2.35. The van der Waals surface area contributed by atoms with Crippen molar-refractivity contribution in [2.45, 2.75) is 105 Å². The third-order valence-electron chi connectivity index (χ3n) is 8.12. The van der Waals surface area contributed by atoms with Gasteiger partial charge in [0.2, 0.25) is 36.0 Å². The molecule has 0 radical (unpaired) electrons. The second kappa shape index (κ2) is 21.2. The molecule has 0 bridgehead atoms. The van der Waals surface area contributed by atoms with Crippen molar-refractivity contribution in [1.82, 2.24) is 31.5 Å². The van der Waals surface area contributed by atoms with Crippen LogP contribution < -0.4 is 36.2 Å². The number of nitrogens with zero attached hydrogens (tertiary/aromatic N) is 2. The molecule has 5 atom stereocenters. The molecule has 1 aromatic rings. The summed E-state index contributed by atoms with van der Waals surface area (Å²) in [5.74, 6) is -1.58. The van der Waals surface area contributed by atoms with Crippen molar-refractivity contribution in [2.75, 3.05) is 33.8 Å². The molecule has 0 aliphatic rings. The zero-order valence-electron chi connectivity index (χ0n) is 30.1. The van der Waals surface area contributed by atoms with Gasteiger partial charge < -0.3 is 31.5 Å². The van der Waals surface area contributed by atoms with Gasteiger partial charge in [0.15, 0.2) is 0 Å².